The van der Waals surface area contributed by atoms with Crippen LogP contribution in [-0.2, 0) is 6.54 Å². The van der Waals surface area contributed by atoms with Crippen LogP contribution < -0.4 is 5.32 Å². The van der Waals surface area contributed by atoms with Crippen molar-refractivity contribution in [3.8, 4) is 0 Å². The molecule has 112 valence electrons. The number of anilines is 1. The Morgan fingerprint density at radius 1 is 1.30 bits per heavy atom. The summed E-state index contributed by atoms with van der Waals surface area (Å²) in [4.78, 5) is 8.55. The van der Waals surface area contributed by atoms with Crippen LogP contribution >= 0.6 is 11.3 Å². The Labute approximate surface area is 126 Å². The largest absolute Gasteiger partial charge is 0.362 e. The second kappa shape index (κ2) is 6.90. The van der Waals surface area contributed by atoms with Gasteiger partial charge >= 0.3 is 0 Å². The molecular formula is C16H27N3S. The lowest BCUT2D eigenvalue weighted by atomic mass is 9.75. The summed E-state index contributed by atoms with van der Waals surface area (Å²) in [6.07, 6.45) is 10.5. The topological polar surface area (TPSA) is 28.2 Å². The fraction of sp³-hybridized carbons (Fsp3) is 0.812. The number of aromatic nitrogens is 1. The first kappa shape index (κ1) is 14.3. The molecular weight excluding hydrogens is 266 g/mol. The van der Waals surface area contributed by atoms with Gasteiger partial charge in [0.1, 0.15) is 0 Å². The van der Waals surface area contributed by atoms with Gasteiger partial charge in [0.2, 0.25) is 0 Å². The molecule has 20 heavy (non-hydrogen) atoms. The maximum absolute atomic E-state index is 4.48. The highest BCUT2D eigenvalue weighted by atomic mass is 32.1. The fourth-order valence-electron chi connectivity index (χ4n) is 3.73. The first-order valence-corrected chi connectivity index (χ1v) is 9.07. The van der Waals surface area contributed by atoms with E-state index < -0.39 is 0 Å². The van der Waals surface area contributed by atoms with E-state index in [-0.39, 0.29) is 0 Å². The second-order valence-electron chi connectivity index (χ2n) is 6.39. The average Bonchev–Trinajstić information content (AvgIpc) is 2.92. The monoisotopic (exact) mass is 293 g/mol. The van der Waals surface area contributed by atoms with E-state index in [1.165, 1.54) is 50.1 Å². The summed E-state index contributed by atoms with van der Waals surface area (Å²) in [5.74, 6) is 2.01. The SMILES string of the molecule is CCCNc1ncc(CN2CCC3CCCCC3C2)s1. The van der Waals surface area contributed by atoms with E-state index in [2.05, 4.69) is 28.3 Å². The molecule has 2 heterocycles. The zero-order valence-electron chi connectivity index (χ0n) is 12.6. The first-order valence-electron chi connectivity index (χ1n) is 8.26. The van der Waals surface area contributed by atoms with Crippen LogP contribution in [0.5, 0.6) is 0 Å². The second-order valence-corrected chi connectivity index (χ2v) is 7.50. The molecule has 2 fully saturated rings. The minimum Gasteiger partial charge on any atom is -0.362 e. The number of hydrogen-bond donors (Lipinski definition) is 1. The van der Waals surface area contributed by atoms with Gasteiger partial charge in [0.15, 0.2) is 5.13 Å². The molecule has 1 aliphatic heterocycles. The predicted molar refractivity (Wildman–Crippen MR) is 86.2 cm³/mol. The number of nitrogens with zero attached hydrogens (tertiary/aromatic N) is 2. The number of fused-ring (bicyclic) bond motifs is 1. The Hall–Kier alpha value is -0.610. The van der Waals surface area contributed by atoms with Gasteiger partial charge in [-0.25, -0.2) is 4.98 Å². The van der Waals surface area contributed by atoms with E-state index in [1.807, 2.05) is 11.3 Å². The van der Waals surface area contributed by atoms with Gasteiger partial charge in [-0.1, -0.05) is 26.2 Å². The van der Waals surface area contributed by atoms with Gasteiger partial charge in [0.25, 0.3) is 0 Å². The lowest BCUT2D eigenvalue weighted by Crippen LogP contribution is -2.41. The van der Waals surface area contributed by atoms with E-state index in [9.17, 15) is 0 Å². The molecule has 3 rings (SSSR count). The van der Waals surface area contributed by atoms with Crippen LogP contribution in [0.15, 0.2) is 6.20 Å². The predicted octanol–water partition coefficient (Wildman–Crippen LogP) is 3.98. The number of nitrogens with one attached hydrogen (secondary N) is 1. The van der Waals surface area contributed by atoms with E-state index >= 15 is 0 Å². The molecule has 1 saturated carbocycles. The van der Waals surface area contributed by atoms with Crippen LogP contribution in [0.2, 0.25) is 0 Å². The van der Waals surface area contributed by atoms with Crippen LogP contribution in [0.3, 0.4) is 0 Å². The summed E-state index contributed by atoms with van der Waals surface area (Å²) < 4.78 is 0. The third-order valence-corrected chi connectivity index (χ3v) is 5.77. The average molecular weight is 293 g/mol. The smallest absolute Gasteiger partial charge is 0.182 e. The molecule has 1 aromatic rings. The van der Waals surface area contributed by atoms with Crippen molar-refractivity contribution >= 4 is 16.5 Å². The van der Waals surface area contributed by atoms with Gasteiger partial charge in [0, 0.05) is 30.7 Å². The van der Waals surface area contributed by atoms with E-state index in [4.69, 9.17) is 0 Å². The molecule has 1 aliphatic carbocycles. The fourth-order valence-corrected chi connectivity index (χ4v) is 4.61. The molecule has 3 nitrogen and oxygen atoms in total. The van der Waals surface area contributed by atoms with E-state index in [1.54, 1.807) is 0 Å². The molecule has 0 amide bonds. The van der Waals surface area contributed by atoms with Crippen molar-refractivity contribution in [1.82, 2.24) is 9.88 Å². The third-order valence-electron chi connectivity index (χ3n) is 4.83. The van der Waals surface area contributed by atoms with Gasteiger partial charge in [-0.3, -0.25) is 4.90 Å². The van der Waals surface area contributed by atoms with E-state index in [0.29, 0.717) is 0 Å². The van der Waals surface area contributed by atoms with Gasteiger partial charge in [-0.15, -0.1) is 11.3 Å². The molecule has 1 saturated heterocycles. The number of piperidine rings is 1. The summed E-state index contributed by atoms with van der Waals surface area (Å²) in [5, 5.41) is 4.48. The zero-order chi connectivity index (χ0) is 13.8. The first-order chi connectivity index (χ1) is 9.85. The van der Waals surface area contributed by atoms with Crippen LogP contribution in [0.1, 0.15) is 50.3 Å². The molecule has 0 radical (unpaired) electrons. The molecule has 0 spiro atoms. The summed E-state index contributed by atoms with van der Waals surface area (Å²) in [7, 11) is 0. The zero-order valence-corrected chi connectivity index (χ0v) is 13.4. The normalized spacial score (nSPS) is 27.2. The minimum atomic E-state index is 0.975. The molecule has 2 aliphatic rings. The van der Waals surface area contributed by atoms with Crippen molar-refractivity contribution in [3.63, 3.8) is 0 Å². The minimum absolute atomic E-state index is 0.975. The summed E-state index contributed by atoms with van der Waals surface area (Å²) in [6.45, 7) is 6.93. The van der Waals surface area contributed by atoms with Crippen molar-refractivity contribution in [2.75, 3.05) is 25.0 Å². The van der Waals surface area contributed by atoms with Crippen molar-refractivity contribution in [2.45, 2.75) is 52.0 Å². The molecule has 0 bridgehead atoms. The highest BCUT2D eigenvalue weighted by molar-refractivity contribution is 7.15. The van der Waals surface area contributed by atoms with Gasteiger partial charge < -0.3 is 5.32 Å². The Morgan fingerprint density at radius 2 is 2.15 bits per heavy atom. The lowest BCUT2D eigenvalue weighted by molar-refractivity contribution is 0.0827. The number of thiazole rings is 1. The molecule has 2 atom stereocenters. The molecule has 2 unspecified atom stereocenters. The quantitative estimate of drug-likeness (QED) is 0.890. The van der Waals surface area contributed by atoms with Crippen LogP contribution in [0.25, 0.3) is 0 Å². The molecule has 1 aromatic heterocycles. The lowest BCUT2D eigenvalue weighted by Gasteiger charge is -2.41. The molecule has 0 aromatic carbocycles. The summed E-state index contributed by atoms with van der Waals surface area (Å²) in [5.41, 5.74) is 0. The number of hydrogen-bond acceptors (Lipinski definition) is 4. The highest BCUT2D eigenvalue weighted by Gasteiger charge is 2.31. The third kappa shape index (κ3) is 3.53. The van der Waals surface area contributed by atoms with Crippen molar-refractivity contribution < 1.29 is 0 Å². The van der Waals surface area contributed by atoms with Crippen LogP contribution in [0, 0.1) is 11.8 Å². The van der Waals surface area contributed by atoms with E-state index in [0.717, 1.165) is 36.5 Å². The van der Waals surface area contributed by atoms with Gasteiger partial charge in [0.05, 0.1) is 0 Å². The molecule has 1 N–H and O–H groups in total. The molecule has 4 heteroatoms. The van der Waals surface area contributed by atoms with Gasteiger partial charge in [-0.2, -0.15) is 0 Å². The van der Waals surface area contributed by atoms with Crippen LogP contribution in [0.4, 0.5) is 5.13 Å². The Morgan fingerprint density at radius 3 is 3.00 bits per heavy atom. The Kier molecular flexibility index (Phi) is 4.94. The van der Waals surface area contributed by atoms with Crippen LogP contribution in [-0.4, -0.2) is 29.5 Å². The summed E-state index contributed by atoms with van der Waals surface area (Å²) >= 11 is 1.83. The number of likely N-dealkylation sites (tertiary alicyclic amines) is 1. The number of rotatable bonds is 5. The van der Waals surface area contributed by atoms with Crippen molar-refractivity contribution in [3.05, 3.63) is 11.1 Å². The highest BCUT2D eigenvalue weighted by Crippen LogP contribution is 2.36. The maximum Gasteiger partial charge on any atom is 0.182 e. The standard InChI is InChI=1S/C16H27N3S/c1-2-8-17-16-18-10-15(20-16)12-19-9-7-13-5-3-4-6-14(13)11-19/h10,13-14H,2-9,11-12H2,1H3,(H,17,18). The maximum atomic E-state index is 4.48. The van der Waals surface area contributed by atoms with Crippen molar-refractivity contribution in [2.24, 2.45) is 11.8 Å². The Bertz CT molecular complexity index is 418. The van der Waals surface area contributed by atoms with Gasteiger partial charge in [-0.05, 0) is 37.6 Å². The van der Waals surface area contributed by atoms with Crippen molar-refractivity contribution in [1.29, 1.82) is 0 Å². The summed E-state index contributed by atoms with van der Waals surface area (Å²) in [6, 6.07) is 0. The Balaban J connectivity index is 1.51.